The molecule has 0 aromatic heterocycles. The quantitative estimate of drug-likeness (QED) is 0.536. The van der Waals surface area contributed by atoms with Crippen LogP contribution in [0.15, 0.2) is 54.6 Å². The van der Waals surface area contributed by atoms with E-state index >= 15 is 0 Å². The van der Waals surface area contributed by atoms with Crippen molar-refractivity contribution in [3.8, 4) is 11.5 Å². The molecule has 0 fully saturated rings. The van der Waals surface area contributed by atoms with Gasteiger partial charge in [0.05, 0.1) is 25.4 Å². The van der Waals surface area contributed by atoms with Crippen LogP contribution in [0, 0.1) is 5.92 Å². The Hall–Kier alpha value is -2.42. The smallest absolute Gasteiger partial charge is 0.142 e. The van der Waals surface area contributed by atoms with Gasteiger partial charge in [-0.1, -0.05) is 49.8 Å². The van der Waals surface area contributed by atoms with Crippen LogP contribution in [-0.4, -0.2) is 13.7 Å². The molecule has 3 heteroatoms. The number of ether oxygens (including phenoxy) is 2. The van der Waals surface area contributed by atoms with Crippen molar-refractivity contribution in [1.29, 1.82) is 0 Å². The molecule has 1 N–H and O–H groups in total. The van der Waals surface area contributed by atoms with E-state index in [-0.39, 0.29) is 6.04 Å². The van der Waals surface area contributed by atoms with E-state index in [1.807, 2.05) is 6.07 Å². The van der Waals surface area contributed by atoms with Crippen molar-refractivity contribution in [2.75, 3.05) is 19.0 Å². The molecule has 3 atom stereocenters. The third-order valence-corrected chi connectivity index (χ3v) is 5.57. The normalized spacial score (nSPS) is 23.1. The number of allylic oxidation sites excluding steroid dienone is 2. The molecule has 0 spiro atoms. The summed E-state index contributed by atoms with van der Waals surface area (Å²) in [5, 5.41) is 3.81. The molecule has 3 nitrogen and oxygen atoms in total. The highest BCUT2D eigenvalue weighted by Crippen LogP contribution is 2.52. The lowest BCUT2D eigenvalue weighted by Gasteiger charge is -2.38. The average molecular weight is 349 g/mol. The summed E-state index contributed by atoms with van der Waals surface area (Å²) >= 11 is 0. The van der Waals surface area contributed by atoms with E-state index in [9.17, 15) is 0 Å². The first-order valence-electron chi connectivity index (χ1n) is 9.64. The van der Waals surface area contributed by atoms with E-state index in [4.69, 9.17) is 9.47 Å². The SMILES string of the molecule is CCCCOc1cccc2c1NC(c1cccc(OC)c1)C1CC=CC21. The highest BCUT2D eigenvalue weighted by molar-refractivity contribution is 5.67. The van der Waals surface area contributed by atoms with Gasteiger partial charge >= 0.3 is 0 Å². The molecule has 0 amide bonds. The van der Waals surface area contributed by atoms with Gasteiger partial charge in [-0.05, 0) is 48.1 Å². The van der Waals surface area contributed by atoms with Crippen LogP contribution in [0.4, 0.5) is 5.69 Å². The van der Waals surface area contributed by atoms with E-state index in [1.165, 1.54) is 11.1 Å². The molecule has 1 aliphatic carbocycles. The molecule has 1 heterocycles. The van der Waals surface area contributed by atoms with Gasteiger partial charge in [-0.2, -0.15) is 0 Å². The number of hydrogen-bond donors (Lipinski definition) is 1. The minimum Gasteiger partial charge on any atom is -0.497 e. The fourth-order valence-corrected chi connectivity index (χ4v) is 4.20. The predicted octanol–water partition coefficient (Wildman–Crippen LogP) is 5.70. The monoisotopic (exact) mass is 349 g/mol. The first-order valence-corrected chi connectivity index (χ1v) is 9.64. The van der Waals surface area contributed by atoms with Crippen LogP contribution in [0.25, 0.3) is 0 Å². The lowest BCUT2D eigenvalue weighted by atomic mass is 9.77. The van der Waals surface area contributed by atoms with Crippen LogP contribution in [-0.2, 0) is 0 Å². The van der Waals surface area contributed by atoms with Gasteiger partial charge in [0.15, 0.2) is 0 Å². The number of rotatable bonds is 6. The molecule has 3 unspecified atom stereocenters. The molecule has 4 rings (SSSR count). The molecule has 136 valence electrons. The molecule has 0 radical (unpaired) electrons. The Balaban J connectivity index is 1.70. The van der Waals surface area contributed by atoms with Crippen LogP contribution in [0.2, 0.25) is 0 Å². The molecular formula is C23H27NO2. The number of unbranched alkanes of at least 4 members (excludes halogenated alkanes) is 1. The van der Waals surface area contributed by atoms with Crippen molar-refractivity contribution < 1.29 is 9.47 Å². The molecule has 1 aliphatic heterocycles. The van der Waals surface area contributed by atoms with Crippen LogP contribution in [0.1, 0.15) is 49.3 Å². The highest BCUT2D eigenvalue weighted by Gasteiger charge is 2.39. The lowest BCUT2D eigenvalue weighted by Crippen LogP contribution is -2.29. The summed E-state index contributed by atoms with van der Waals surface area (Å²) < 4.78 is 11.6. The average Bonchev–Trinajstić information content (AvgIpc) is 3.18. The summed E-state index contributed by atoms with van der Waals surface area (Å²) in [5.41, 5.74) is 3.79. The van der Waals surface area contributed by atoms with Crippen molar-refractivity contribution in [2.24, 2.45) is 5.92 Å². The van der Waals surface area contributed by atoms with E-state index in [0.29, 0.717) is 11.8 Å². The second kappa shape index (κ2) is 7.45. The Morgan fingerprint density at radius 3 is 2.88 bits per heavy atom. The third kappa shape index (κ3) is 3.07. The fourth-order valence-electron chi connectivity index (χ4n) is 4.20. The van der Waals surface area contributed by atoms with Crippen molar-refractivity contribution in [1.82, 2.24) is 0 Å². The van der Waals surface area contributed by atoms with Gasteiger partial charge in [0.2, 0.25) is 0 Å². The van der Waals surface area contributed by atoms with Gasteiger partial charge in [0.1, 0.15) is 11.5 Å². The van der Waals surface area contributed by atoms with Crippen molar-refractivity contribution >= 4 is 5.69 Å². The zero-order valence-corrected chi connectivity index (χ0v) is 15.6. The highest BCUT2D eigenvalue weighted by atomic mass is 16.5. The minimum atomic E-state index is 0.258. The first-order chi connectivity index (χ1) is 12.8. The molecule has 0 bridgehead atoms. The zero-order valence-electron chi connectivity index (χ0n) is 15.6. The van der Waals surface area contributed by atoms with Gasteiger partial charge in [0, 0.05) is 5.92 Å². The topological polar surface area (TPSA) is 30.5 Å². The van der Waals surface area contributed by atoms with Gasteiger partial charge < -0.3 is 14.8 Å². The van der Waals surface area contributed by atoms with E-state index < -0.39 is 0 Å². The molecule has 2 aliphatic rings. The maximum atomic E-state index is 6.11. The third-order valence-electron chi connectivity index (χ3n) is 5.57. The van der Waals surface area contributed by atoms with Gasteiger partial charge in [0.25, 0.3) is 0 Å². The molecule has 2 aromatic carbocycles. The molecular weight excluding hydrogens is 322 g/mol. The number of benzene rings is 2. The summed E-state index contributed by atoms with van der Waals surface area (Å²) in [6.07, 6.45) is 8.01. The van der Waals surface area contributed by atoms with Gasteiger partial charge in [-0.3, -0.25) is 0 Å². The van der Waals surface area contributed by atoms with Crippen LogP contribution < -0.4 is 14.8 Å². The summed E-state index contributed by atoms with van der Waals surface area (Å²) in [6, 6.07) is 15.1. The predicted molar refractivity (Wildman–Crippen MR) is 106 cm³/mol. The maximum Gasteiger partial charge on any atom is 0.142 e. The molecule has 0 saturated heterocycles. The van der Waals surface area contributed by atoms with Gasteiger partial charge in [-0.15, -0.1) is 0 Å². The maximum absolute atomic E-state index is 6.11. The largest absolute Gasteiger partial charge is 0.497 e. The van der Waals surface area contributed by atoms with E-state index in [0.717, 1.165) is 43.1 Å². The second-order valence-corrected chi connectivity index (χ2v) is 7.17. The number of para-hydroxylation sites is 1. The summed E-state index contributed by atoms with van der Waals surface area (Å²) in [7, 11) is 1.72. The number of methoxy groups -OCH3 is 1. The number of nitrogens with one attached hydrogen (secondary N) is 1. The fraction of sp³-hybridized carbons (Fsp3) is 0.391. The number of hydrogen-bond acceptors (Lipinski definition) is 3. The molecule has 26 heavy (non-hydrogen) atoms. The Morgan fingerprint density at radius 1 is 1.15 bits per heavy atom. The van der Waals surface area contributed by atoms with Gasteiger partial charge in [-0.25, -0.2) is 0 Å². The van der Waals surface area contributed by atoms with Crippen LogP contribution in [0.5, 0.6) is 11.5 Å². The van der Waals surface area contributed by atoms with Crippen molar-refractivity contribution in [3.05, 3.63) is 65.7 Å². The first kappa shape index (κ1) is 17.0. The van der Waals surface area contributed by atoms with E-state index in [1.54, 1.807) is 7.11 Å². The van der Waals surface area contributed by atoms with Crippen LogP contribution in [0.3, 0.4) is 0 Å². The number of fused-ring (bicyclic) bond motifs is 3. The lowest BCUT2D eigenvalue weighted by molar-refractivity contribution is 0.307. The Kier molecular flexibility index (Phi) is 4.87. The Labute approximate surface area is 156 Å². The minimum absolute atomic E-state index is 0.258. The van der Waals surface area contributed by atoms with Crippen molar-refractivity contribution in [2.45, 2.75) is 38.1 Å². The summed E-state index contributed by atoms with van der Waals surface area (Å²) in [5.74, 6) is 2.85. The van der Waals surface area contributed by atoms with E-state index in [2.05, 4.69) is 60.8 Å². The summed E-state index contributed by atoms with van der Waals surface area (Å²) in [4.78, 5) is 0. The van der Waals surface area contributed by atoms with Crippen molar-refractivity contribution in [3.63, 3.8) is 0 Å². The standard InChI is InChI=1S/C23H27NO2/c1-3-4-14-26-21-13-7-12-20-18-10-6-11-19(18)22(24-23(20)21)16-8-5-9-17(15-16)25-2/h5-10,12-13,15,18-19,22,24H,3-4,11,14H2,1-2H3. The Bertz CT molecular complexity index is 799. The number of anilines is 1. The molecule has 2 aromatic rings. The second-order valence-electron chi connectivity index (χ2n) is 7.17. The van der Waals surface area contributed by atoms with Crippen LogP contribution >= 0.6 is 0 Å². The Morgan fingerprint density at radius 2 is 2.04 bits per heavy atom. The summed E-state index contributed by atoms with van der Waals surface area (Å²) in [6.45, 7) is 2.96. The molecule has 0 saturated carbocycles. The zero-order chi connectivity index (χ0) is 17.9.